The Morgan fingerprint density at radius 1 is 0.342 bits per heavy atom. The molecule has 0 aromatic heterocycles. The van der Waals surface area contributed by atoms with Crippen LogP contribution < -0.4 is 5.32 Å². The SMILES string of the molecule is CCCCCCCCCCCCCCCCCCCCC(O)C(CO)NC(=O)CCCCCCCCCCCCCCCCC/C=C\CCCCCCCCCCCCCCOC(=O)CCCCCCCCCCCCCCC. The molecule has 0 heterocycles. The van der Waals surface area contributed by atoms with Gasteiger partial charge in [-0.25, -0.2) is 0 Å². The zero-order valence-corrected chi connectivity index (χ0v) is 53.9. The lowest BCUT2D eigenvalue weighted by atomic mass is 10.0. The van der Waals surface area contributed by atoms with Gasteiger partial charge in [-0.15, -0.1) is 0 Å². The molecule has 79 heavy (non-hydrogen) atoms. The molecule has 0 aliphatic heterocycles. The zero-order chi connectivity index (χ0) is 57.1. The summed E-state index contributed by atoms with van der Waals surface area (Å²) in [6.07, 6.45) is 85.6. The molecule has 6 heteroatoms. The van der Waals surface area contributed by atoms with Crippen LogP contribution in [0.15, 0.2) is 12.2 Å². The highest BCUT2D eigenvalue weighted by atomic mass is 16.5. The number of nitrogens with one attached hydrogen (secondary N) is 1. The Bertz CT molecular complexity index is 1190. The molecule has 0 saturated carbocycles. The number of unbranched alkanes of at least 4 members (excludes halogenated alkanes) is 56. The van der Waals surface area contributed by atoms with Crippen molar-refractivity contribution in [1.82, 2.24) is 5.32 Å². The summed E-state index contributed by atoms with van der Waals surface area (Å²) >= 11 is 0. The average Bonchev–Trinajstić information content (AvgIpc) is 3.45. The Morgan fingerprint density at radius 2 is 0.595 bits per heavy atom. The fourth-order valence-corrected chi connectivity index (χ4v) is 11.8. The van der Waals surface area contributed by atoms with Gasteiger partial charge in [0.1, 0.15) is 0 Å². The highest BCUT2D eigenvalue weighted by molar-refractivity contribution is 5.76. The number of ether oxygens (including phenoxy) is 1. The van der Waals surface area contributed by atoms with Crippen molar-refractivity contribution in [2.75, 3.05) is 13.2 Å². The topological polar surface area (TPSA) is 95.9 Å². The van der Waals surface area contributed by atoms with Crippen LogP contribution in [0.4, 0.5) is 0 Å². The molecule has 2 atom stereocenters. The summed E-state index contributed by atoms with van der Waals surface area (Å²) in [6, 6.07) is -0.540. The van der Waals surface area contributed by atoms with Crippen LogP contribution in [-0.2, 0) is 14.3 Å². The second-order valence-corrected chi connectivity index (χ2v) is 25.3. The Hall–Kier alpha value is -1.40. The average molecular weight is 1110 g/mol. The maximum Gasteiger partial charge on any atom is 0.305 e. The monoisotopic (exact) mass is 1110 g/mol. The van der Waals surface area contributed by atoms with E-state index in [1.807, 2.05) is 0 Å². The fraction of sp³-hybridized carbons (Fsp3) is 0.945. The molecule has 1 amide bonds. The lowest BCUT2D eigenvalue weighted by Crippen LogP contribution is -2.45. The number of esters is 1. The second kappa shape index (κ2) is 69.1. The van der Waals surface area contributed by atoms with E-state index in [1.165, 1.54) is 347 Å². The third-order valence-corrected chi connectivity index (χ3v) is 17.3. The first kappa shape index (κ1) is 77.6. The lowest BCUT2D eigenvalue weighted by molar-refractivity contribution is -0.143. The number of hydrogen-bond donors (Lipinski definition) is 3. The van der Waals surface area contributed by atoms with Crippen LogP contribution in [0, 0.1) is 0 Å². The minimum absolute atomic E-state index is 0.0202. The number of amides is 1. The number of carbonyl (C=O) groups excluding carboxylic acids is 2. The second-order valence-electron chi connectivity index (χ2n) is 25.3. The minimum Gasteiger partial charge on any atom is -0.466 e. The highest BCUT2D eigenvalue weighted by Gasteiger charge is 2.20. The normalized spacial score (nSPS) is 12.5. The summed E-state index contributed by atoms with van der Waals surface area (Å²) in [6.45, 7) is 5.00. The molecule has 6 nitrogen and oxygen atoms in total. The first-order valence-corrected chi connectivity index (χ1v) is 36.4. The largest absolute Gasteiger partial charge is 0.466 e. The van der Waals surface area contributed by atoms with Gasteiger partial charge in [0.25, 0.3) is 0 Å². The van der Waals surface area contributed by atoms with E-state index >= 15 is 0 Å². The van der Waals surface area contributed by atoms with Crippen LogP contribution in [0.2, 0.25) is 0 Å². The standard InChI is InChI=1S/C73H143NO5/c1-3-5-7-9-11-13-15-17-18-19-35-38-42-45-49-53-57-61-65-71(76)70(69-75)74-72(77)66-62-58-54-50-46-43-39-36-33-31-29-27-25-23-21-20-22-24-26-28-30-32-34-37-40-44-48-52-56-60-64-68-79-73(78)67-63-59-55-51-47-41-16-14-12-10-8-6-4-2/h22,24,70-71,75-76H,3-21,23,25-69H2,1-2H3,(H,74,77)/b24-22-. The highest BCUT2D eigenvalue weighted by Crippen LogP contribution is 2.19. The molecule has 0 fully saturated rings. The van der Waals surface area contributed by atoms with Crippen LogP contribution in [0.1, 0.15) is 418 Å². The van der Waals surface area contributed by atoms with Crippen molar-refractivity contribution in [1.29, 1.82) is 0 Å². The molecular formula is C73H143NO5. The van der Waals surface area contributed by atoms with E-state index in [2.05, 4.69) is 31.3 Å². The number of allylic oxidation sites excluding steroid dienone is 2. The van der Waals surface area contributed by atoms with Crippen LogP contribution in [-0.4, -0.2) is 47.4 Å². The van der Waals surface area contributed by atoms with E-state index in [4.69, 9.17) is 4.74 Å². The molecule has 0 rings (SSSR count). The van der Waals surface area contributed by atoms with E-state index in [1.54, 1.807) is 0 Å². The van der Waals surface area contributed by atoms with Crippen molar-refractivity contribution in [3.63, 3.8) is 0 Å². The third-order valence-electron chi connectivity index (χ3n) is 17.3. The fourth-order valence-electron chi connectivity index (χ4n) is 11.8. The van der Waals surface area contributed by atoms with E-state index in [0.717, 1.165) is 38.5 Å². The number of aliphatic hydroxyl groups is 2. The van der Waals surface area contributed by atoms with Crippen LogP contribution in [0.3, 0.4) is 0 Å². The Kier molecular flexibility index (Phi) is 67.9. The molecule has 0 bridgehead atoms. The van der Waals surface area contributed by atoms with Crippen LogP contribution >= 0.6 is 0 Å². The summed E-state index contributed by atoms with van der Waals surface area (Å²) in [5.74, 6) is -0.00819. The van der Waals surface area contributed by atoms with E-state index < -0.39 is 12.1 Å². The maximum absolute atomic E-state index is 12.5. The maximum atomic E-state index is 12.5. The van der Waals surface area contributed by atoms with Gasteiger partial charge in [0.05, 0.1) is 25.4 Å². The first-order valence-electron chi connectivity index (χ1n) is 36.4. The van der Waals surface area contributed by atoms with Crippen molar-refractivity contribution in [3.05, 3.63) is 12.2 Å². The summed E-state index contributed by atoms with van der Waals surface area (Å²) in [5, 5.41) is 23.4. The Morgan fingerprint density at radius 3 is 0.899 bits per heavy atom. The van der Waals surface area contributed by atoms with Gasteiger partial charge in [-0.1, -0.05) is 366 Å². The van der Waals surface area contributed by atoms with Crippen LogP contribution in [0.5, 0.6) is 0 Å². The van der Waals surface area contributed by atoms with Gasteiger partial charge in [-0.3, -0.25) is 9.59 Å². The van der Waals surface area contributed by atoms with Crippen molar-refractivity contribution in [2.45, 2.75) is 431 Å². The van der Waals surface area contributed by atoms with Gasteiger partial charge in [-0.2, -0.15) is 0 Å². The van der Waals surface area contributed by atoms with E-state index in [-0.39, 0.29) is 18.5 Å². The van der Waals surface area contributed by atoms with Gasteiger partial charge in [0.15, 0.2) is 0 Å². The Balaban J connectivity index is 3.35. The molecule has 3 N–H and O–H groups in total. The first-order chi connectivity index (χ1) is 39.0. The summed E-state index contributed by atoms with van der Waals surface area (Å²) in [4.78, 5) is 24.6. The summed E-state index contributed by atoms with van der Waals surface area (Å²) < 4.78 is 5.49. The van der Waals surface area contributed by atoms with Crippen molar-refractivity contribution >= 4 is 11.9 Å². The molecule has 0 radical (unpaired) electrons. The zero-order valence-electron chi connectivity index (χ0n) is 53.9. The number of carbonyl (C=O) groups is 2. The molecule has 470 valence electrons. The van der Waals surface area contributed by atoms with E-state index in [0.29, 0.717) is 25.9 Å². The minimum atomic E-state index is -0.663. The lowest BCUT2D eigenvalue weighted by Gasteiger charge is -2.22. The number of rotatable bonds is 69. The third kappa shape index (κ3) is 65.6. The van der Waals surface area contributed by atoms with Gasteiger partial charge in [0.2, 0.25) is 5.91 Å². The summed E-state index contributed by atoms with van der Waals surface area (Å²) in [7, 11) is 0. The molecule has 2 unspecified atom stereocenters. The van der Waals surface area contributed by atoms with Gasteiger partial charge in [0, 0.05) is 12.8 Å². The van der Waals surface area contributed by atoms with Crippen molar-refractivity contribution < 1.29 is 24.5 Å². The molecule has 0 aliphatic rings. The smallest absolute Gasteiger partial charge is 0.305 e. The molecule has 0 aliphatic carbocycles. The molecule has 0 aromatic rings. The van der Waals surface area contributed by atoms with Gasteiger partial charge < -0.3 is 20.3 Å². The van der Waals surface area contributed by atoms with Crippen molar-refractivity contribution in [2.24, 2.45) is 0 Å². The summed E-state index contributed by atoms with van der Waals surface area (Å²) in [5.41, 5.74) is 0. The quantitative estimate of drug-likeness (QED) is 0.0320. The van der Waals surface area contributed by atoms with Gasteiger partial charge >= 0.3 is 5.97 Å². The molecular weight excluding hydrogens is 971 g/mol. The number of hydrogen-bond acceptors (Lipinski definition) is 5. The van der Waals surface area contributed by atoms with E-state index in [9.17, 15) is 19.8 Å². The molecule has 0 spiro atoms. The Labute approximate surface area is 495 Å². The van der Waals surface area contributed by atoms with Crippen LogP contribution in [0.25, 0.3) is 0 Å². The molecule has 0 aromatic carbocycles. The molecule has 0 saturated heterocycles. The predicted molar refractivity (Wildman–Crippen MR) is 347 cm³/mol. The van der Waals surface area contributed by atoms with Crippen molar-refractivity contribution in [3.8, 4) is 0 Å². The number of aliphatic hydroxyl groups excluding tert-OH is 2. The predicted octanol–water partition coefficient (Wildman–Crippen LogP) is 23.5. The van der Waals surface area contributed by atoms with Gasteiger partial charge in [-0.05, 0) is 51.4 Å².